The molecule has 7 heteroatoms. The SMILES string of the molecule is CN=C(NCC(C)c1ccsc1)NC1CCc2ncnn2C1. The van der Waals surface area contributed by atoms with Gasteiger partial charge in [0.15, 0.2) is 5.96 Å². The molecule has 0 aromatic carbocycles. The highest BCUT2D eigenvalue weighted by Gasteiger charge is 2.20. The van der Waals surface area contributed by atoms with Crippen molar-refractivity contribution in [3.63, 3.8) is 0 Å². The normalized spacial score (nSPS) is 19.5. The van der Waals surface area contributed by atoms with Crippen LogP contribution in [-0.4, -0.2) is 40.4 Å². The highest BCUT2D eigenvalue weighted by molar-refractivity contribution is 7.07. The lowest BCUT2D eigenvalue weighted by Crippen LogP contribution is -2.47. The van der Waals surface area contributed by atoms with Crippen molar-refractivity contribution in [1.29, 1.82) is 0 Å². The van der Waals surface area contributed by atoms with Gasteiger partial charge in [-0.25, -0.2) is 9.67 Å². The molecule has 2 atom stereocenters. The molecule has 0 fully saturated rings. The third-order valence-electron chi connectivity index (χ3n) is 4.06. The highest BCUT2D eigenvalue weighted by atomic mass is 32.1. The Morgan fingerprint density at radius 2 is 2.50 bits per heavy atom. The summed E-state index contributed by atoms with van der Waals surface area (Å²) < 4.78 is 1.97. The topological polar surface area (TPSA) is 67.1 Å². The maximum atomic E-state index is 4.33. The van der Waals surface area contributed by atoms with Gasteiger partial charge in [-0.1, -0.05) is 6.92 Å². The van der Waals surface area contributed by atoms with E-state index in [1.165, 1.54) is 5.56 Å². The Labute approximate surface area is 134 Å². The summed E-state index contributed by atoms with van der Waals surface area (Å²) in [7, 11) is 1.81. The molecule has 2 aromatic rings. The molecule has 6 nitrogen and oxygen atoms in total. The summed E-state index contributed by atoms with van der Waals surface area (Å²) in [6.45, 7) is 3.94. The third-order valence-corrected chi connectivity index (χ3v) is 4.76. The van der Waals surface area contributed by atoms with Gasteiger partial charge in [0.1, 0.15) is 12.2 Å². The fraction of sp³-hybridized carbons (Fsp3) is 0.533. The zero-order valence-electron chi connectivity index (χ0n) is 13.0. The molecule has 22 heavy (non-hydrogen) atoms. The second kappa shape index (κ2) is 6.91. The van der Waals surface area contributed by atoms with E-state index >= 15 is 0 Å². The second-order valence-electron chi connectivity index (χ2n) is 5.65. The van der Waals surface area contributed by atoms with Crippen LogP contribution in [0.15, 0.2) is 28.1 Å². The Kier molecular flexibility index (Phi) is 4.72. The smallest absolute Gasteiger partial charge is 0.191 e. The largest absolute Gasteiger partial charge is 0.356 e. The lowest BCUT2D eigenvalue weighted by molar-refractivity contribution is 0.392. The van der Waals surface area contributed by atoms with Crippen molar-refractivity contribution in [2.24, 2.45) is 4.99 Å². The predicted octanol–water partition coefficient (Wildman–Crippen LogP) is 1.62. The number of thiophene rings is 1. The molecule has 0 radical (unpaired) electrons. The van der Waals surface area contributed by atoms with Crippen LogP contribution < -0.4 is 10.6 Å². The molecule has 3 rings (SSSR count). The average molecular weight is 318 g/mol. The Morgan fingerprint density at radius 1 is 1.59 bits per heavy atom. The molecule has 0 amide bonds. The van der Waals surface area contributed by atoms with Crippen LogP contribution in [0.4, 0.5) is 0 Å². The van der Waals surface area contributed by atoms with Crippen LogP contribution in [0.3, 0.4) is 0 Å². The summed E-state index contributed by atoms with van der Waals surface area (Å²) in [6.07, 6.45) is 3.65. The van der Waals surface area contributed by atoms with Crippen LogP contribution in [-0.2, 0) is 13.0 Å². The van der Waals surface area contributed by atoms with E-state index in [4.69, 9.17) is 0 Å². The molecule has 2 aromatic heterocycles. The van der Waals surface area contributed by atoms with E-state index in [-0.39, 0.29) is 0 Å². The van der Waals surface area contributed by atoms with E-state index in [9.17, 15) is 0 Å². The number of aliphatic imine (C=N–C) groups is 1. The van der Waals surface area contributed by atoms with Crippen molar-refractivity contribution >= 4 is 17.3 Å². The molecule has 0 bridgehead atoms. The first-order valence-corrected chi connectivity index (χ1v) is 8.56. The van der Waals surface area contributed by atoms with Crippen LogP contribution in [0.1, 0.15) is 30.7 Å². The first-order chi connectivity index (χ1) is 10.8. The van der Waals surface area contributed by atoms with Gasteiger partial charge in [0.25, 0.3) is 0 Å². The summed E-state index contributed by atoms with van der Waals surface area (Å²) in [5.74, 6) is 2.40. The van der Waals surface area contributed by atoms with E-state index in [1.807, 2.05) is 11.7 Å². The molecule has 2 unspecified atom stereocenters. The summed E-state index contributed by atoms with van der Waals surface area (Å²) in [4.78, 5) is 8.59. The maximum Gasteiger partial charge on any atom is 0.191 e. The summed E-state index contributed by atoms with van der Waals surface area (Å²) in [6, 6.07) is 2.53. The minimum absolute atomic E-state index is 0.344. The minimum atomic E-state index is 0.344. The minimum Gasteiger partial charge on any atom is -0.356 e. The molecular formula is C15H22N6S. The lowest BCUT2D eigenvalue weighted by atomic mass is 10.1. The van der Waals surface area contributed by atoms with Gasteiger partial charge in [-0.05, 0) is 34.7 Å². The molecule has 1 aliphatic heterocycles. The zero-order chi connectivity index (χ0) is 15.4. The molecule has 0 aliphatic carbocycles. The second-order valence-corrected chi connectivity index (χ2v) is 6.43. The Balaban J connectivity index is 1.50. The van der Waals surface area contributed by atoms with Crippen molar-refractivity contribution in [2.45, 2.75) is 38.3 Å². The average Bonchev–Trinajstić information content (AvgIpc) is 3.21. The van der Waals surface area contributed by atoms with Crippen LogP contribution in [0.2, 0.25) is 0 Å². The number of nitrogens with zero attached hydrogens (tertiary/aromatic N) is 4. The van der Waals surface area contributed by atoms with E-state index in [1.54, 1.807) is 17.7 Å². The molecule has 1 aliphatic rings. The molecule has 2 N–H and O–H groups in total. The molecule has 0 spiro atoms. The Morgan fingerprint density at radius 3 is 3.27 bits per heavy atom. The van der Waals surface area contributed by atoms with Gasteiger partial charge in [-0.2, -0.15) is 16.4 Å². The van der Waals surface area contributed by atoms with Crippen molar-refractivity contribution in [3.8, 4) is 0 Å². The maximum absolute atomic E-state index is 4.33. The lowest BCUT2D eigenvalue weighted by Gasteiger charge is -2.26. The third kappa shape index (κ3) is 3.47. The molecule has 0 saturated heterocycles. The van der Waals surface area contributed by atoms with Gasteiger partial charge in [-0.3, -0.25) is 4.99 Å². The molecule has 3 heterocycles. The van der Waals surface area contributed by atoms with E-state index in [0.717, 1.165) is 37.7 Å². The number of hydrogen-bond acceptors (Lipinski definition) is 4. The number of aromatic nitrogens is 3. The van der Waals surface area contributed by atoms with Gasteiger partial charge in [0.05, 0.1) is 6.54 Å². The molecule has 0 saturated carbocycles. The van der Waals surface area contributed by atoms with E-state index in [0.29, 0.717) is 12.0 Å². The fourth-order valence-electron chi connectivity index (χ4n) is 2.67. The first kappa shape index (κ1) is 15.0. The van der Waals surface area contributed by atoms with Gasteiger partial charge in [0.2, 0.25) is 0 Å². The zero-order valence-corrected chi connectivity index (χ0v) is 13.8. The quantitative estimate of drug-likeness (QED) is 0.664. The summed E-state index contributed by atoms with van der Waals surface area (Å²) in [5, 5.41) is 15.5. The van der Waals surface area contributed by atoms with Crippen LogP contribution in [0.25, 0.3) is 0 Å². The number of hydrogen-bond donors (Lipinski definition) is 2. The van der Waals surface area contributed by atoms with Crippen molar-refractivity contribution in [2.75, 3.05) is 13.6 Å². The molecule has 118 valence electrons. The number of fused-ring (bicyclic) bond motifs is 1. The summed E-state index contributed by atoms with van der Waals surface area (Å²) >= 11 is 1.74. The van der Waals surface area contributed by atoms with Crippen molar-refractivity contribution in [3.05, 3.63) is 34.5 Å². The number of aryl methyl sites for hydroxylation is 1. The van der Waals surface area contributed by atoms with E-state index < -0.39 is 0 Å². The van der Waals surface area contributed by atoms with Gasteiger partial charge in [-0.15, -0.1) is 0 Å². The van der Waals surface area contributed by atoms with Crippen LogP contribution in [0.5, 0.6) is 0 Å². The van der Waals surface area contributed by atoms with Crippen molar-refractivity contribution in [1.82, 2.24) is 25.4 Å². The van der Waals surface area contributed by atoms with E-state index in [2.05, 4.69) is 49.5 Å². The Bertz CT molecular complexity index is 618. The molecular weight excluding hydrogens is 296 g/mol. The predicted molar refractivity (Wildman–Crippen MR) is 89.4 cm³/mol. The van der Waals surface area contributed by atoms with Gasteiger partial charge in [0, 0.05) is 26.1 Å². The number of rotatable bonds is 4. The standard InChI is InChI=1S/C15H22N6S/c1-11(12-5-6-22-9-12)7-17-15(16-2)20-13-3-4-14-18-10-19-21(14)8-13/h5-6,9-11,13H,3-4,7-8H2,1-2H3,(H2,16,17,20). The summed E-state index contributed by atoms with van der Waals surface area (Å²) in [5.41, 5.74) is 1.37. The Hall–Kier alpha value is -1.89. The van der Waals surface area contributed by atoms with Crippen LogP contribution >= 0.6 is 11.3 Å². The van der Waals surface area contributed by atoms with Crippen LogP contribution in [0, 0.1) is 0 Å². The highest BCUT2D eigenvalue weighted by Crippen LogP contribution is 2.17. The first-order valence-electron chi connectivity index (χ1n) is 7.62. The fourth-order valence-corrected chi connectivity index (χ4v) is 3.45. The van der Waals surface area contributed by atoms with Crippen molar-refractivity contribution < 1.29 is 0 Å². The van der Waals surface area contributed by atoms with Gasteiger partial charge < -0.3 is 10.6 Å². The van der Waals surface area contributed by atoms with Gasteiger partial charge >= 0.3 is 0 Å². The number of nitrogens with one attached hydrogen (secondary N) is 2. The monoisotopic (exact) mass is 318 g/mol. The number of guanidine groups is 1.